The van der Waals surface area contributed by atoms with Gasteiger partial charge >= 0.3 is 6.03 Å². The number of aromatic nitrogens is 1. The highest BCUT2D eigenvalue weighted by Gasteiger charge is 2.10. The van der Waals surface area contributed by atoms with E-state index in [1.165, 1.54) is 16.9 Å². The average Bonchev–Trinajstić information content (AvgIpc) is 2.79. The number of carbonyl (C=O) groups excluding carboxylic acids is 1. The molecule has 0 unspecified atom stereocenters. The van der Waals surface area contributed by atoms with Crippen LogP contribution in [0.15, 0.2) is 24.3 Å². The molecule has 2 amide bonds. The maximum Gasteiger partial charge on any atom is 0.321 e. The van der Waals surface area contributed by atoms with Gasteiger partial charge in [-0.15, -0.1) is 11.3 Å². The summed E-state index contributed by atoms with van der Waals surface area (Å²) in [7, 11) is 0. The van der Waals surface area contributed by atoms with Crippen molar-refractivity contribution in [2.45, 2.75) is 26.7 Å². The third-order valence-electron chi connectivity index (χ3n) is 2.93. The van der Waals surface area contributed by atoms with Crippen LogP contribution in [0.4, 0.5) is 9.93 Å². The summed E-state index contributed by atoms with van der Waals surface area (Å²) in [5.41, 5.74) is 2.12. The Morgan fingerprint density at radius 1 is 1.33 bits per heavy atom. The number of hydrogen-bond acceptors (Lipinski definition) is 3. The molecular weight excluding hydrogens is 306 g/mol. The summed E-state index contributed by atoms with van der Waals surface area (Å²) in [4.78, 5) is 17.2. The third kappa shape index (κ3) is 4.72. The molecule has 6 heteroatoms. The van der Waals surface area contributed by atoms with E-state index in [2.05, 4.69) is 15.6 Å². The SMILES string of the molecule is CCCNC(=O)Nc1nc(C)c(Cc2ccc(Cl)cc2)s1. The number of nitrogens with one attached hydrogen (secondary N) is 2. The summed E-state index contributed by atoms with van der Waals surface area (Å²) in [6.07, 6.45) is 1.70. The van der Waals surface area contributed by atoms with E-state index in [-0.39, 0.29) is 6.03 Å². The van der Waals surface area contributed by atoms with Gasteiger partial charge in [0.05, 0.1) is 5.69 Å². The van der Waals surface area contributed by atoms with Gasteiger partial charge in [0, 0.05) is 22.9 Å². The van der Waals surface area contributed by atoms with Crippen LogP contribution in [-0.4, -0.2) is 17.6 Å². The zero-order valence-electron chi connectivity index (χ0n) is 12.1. The average molecular weight is 324 g/mol. The second-order valence-corrected chi connectivity index (χ2v) is 6.23. The monoisotopic (exact) mass is 323 g/mol. The molecule has 0 saturated carbocycles. The van der Waals surface area contributed by atoms with Crippen LogP contribution in [0.5, 0.6) is 0 Å². The van der Waals surface area contributed by atoms with Gasteiger partial charge < -0.3 is 5.32 Å². The number of thiazole rings is 1. The third-order valence-corrected chi connectivity index (χ3v) is 4.25. The van der Waals surface area contributed by atoms with Crippen LogP contribution in [0.25, 0.3) is 0 Å². The first kappa shape index (κ1) is 15.8. The lowest BCUT2D eigenvalue weighted by Gasteiger charge is -2.02. The summed E-state index contributed by atoms with van der Waals surface area (Å²) in [6, 6.07) is 7.56. The number of benzene rings is 1. The second-order valence-electron chi connectivity index (χ2n) is 4.71. The summed E-state index contributed by atoms with van der Waals surface area (Å²) >= 11 is 7.39. The lowest BCUT2D eigenvalue weighted by molar-refractivity contribution is 0.252. The number of carbonyl (C=O) groups is 1. The summed E-state index contributed by atoms with van der Waals surface area (Å²) in [5.74, 6) is 0. The Labute approximate surface area is 133 Å². The highest BCUT2D eigenvalue weighted by molar-refractivity contribution is 7.15. The molecule has 0 radical (unpaired) electrons. The molecule has 1 heterocycles. The number of anilines is 1. The predicted molar refractivity (Wildman–Crippen MR) is 88.4 cm³/mol. The van der Waals surface area contributed by atoms with Crippen molar-refractivity contribution in [3.05, 3.63) is 45.4 Å². The van der Waals surface area contributed by atoms with Crippen molar-refractivity contribution in [3.8, 4) is 0 Å². The quantitative estimate of drug-likeness (QED) is 0.865. The fourth-order valence-corrected chi connectivity index (χ4v) is 2.93. The van der Waals surface area contributed by atoms with Gasteiger partial charge in [0.25, 0.3) is 0 Å². The molecule has 1 aromatic heterocycles. The maximum absolute atomic E-state index is 11.6. The molecule has 0 fully saturated rings. The van der Waals surface area contributed by atoms with Crippen molar-refractivity contribution in [2.24, 2.45) is 0 Å². The number of aryl methyl sites for hydroxylation is 1. The lowest BCUT2D eigenvalue weighted by Crippen LogP contribution is -2.29. The number of nitrogens with zero attached hydrogens (tertiary/aromatic N) is 1. The van der Waals surface area contributed by atoms with E-state index < -0.39 is 0 Å². The van der Waals surface area contributed by atoms with E-state index in [1.54, 1.807) is 0 Å². The van der Waals surface area contributed by atoms with Gasteiger partial charge in [-0.3, -0.25) is 5.32 Å². The minimum Gasteiger partial charge on any atom is -0.338 e. The number of hydrogen-bond donors (Lipinski definition) is 2. The van der Waals surface area contributed by atoms with Crippen molar-refractivity contribution in [1.29, 1.82) is 0 Å². The topological polar surface area (TPSA) is 54.0 Å². The Kier molecular flexibility index (Phi) is 5.59. The van der Waals surface area contributed by atoms with Crippen molar-refractivity contribution in [2.75, 3.05) is 11.9 Å². The van der Waals surface area contributed by atoms with Gasteiger partial charge in [0.15, 0.2) is 5.13 Å². The molecule has 2 aromatic rings. The largest absolute Gasteiger partial charge is 0.338 e. The molecule has 0 saturated heterocycles. The molecule has 4 nitrogen and oxygen atoms in total. The van der Waals surface area contributed by atoms with E-state index in [9.17, 15) is 4.79 Å². The van der Waals surface area contributed by atoms with Gasteiger partial charge in [-0.05, 0) is 31.0 Å². The first-order chi connectivity index (χ1) is 10.1. The Bertz CT molecular complexity index is 610. The normalized spacial score (nSPS) is 10.4. The highest BCUT2D eigenvalue weighted by atomic mass is 35.5. The standard InChI is InChI=1S/C15H18ClN3OS/c1-3-8-17-14(20)19-15-18-10(2)13(21-15)9-11-4-6-12(16)7-5-11/h4-7H,3,8-9H2,1-2H3,(H2,17,18,19,20). The molecule has 112 valence electrons. The Morgan fingerprint density at radius 3 is 2.71 bits per heavy atom. The van der Waals surface area contributed by atoms with Crippen LogP contribution in [0, 0.1) is 6.92 Å². The first-order valence-corrected chi connectivity index (χ1v) is 8.03. The van der Waals surface area contributed by atoms with E-state index in [0.29, 0.717) is 11.7 Å². The zero-order valence-corrected chi connectivity index (χ0v) is 13.6. The van der Waals surface area contributed by atoms with Crippen molar-refractivity contribution in [1.82, 2.24) is 10.3 Å². The van der Waals surface area contributed by atoms with E-state index in [0.717, 1.165) is 28.4 Å². The van der Waals surface area contributed by atoms with Crippen LogP contribution in [0.1, 0.15) is 29.5 Å². The predicted octanol–water partition coefficient (Wildman–Crippen LogP) is 4.23. The summed E-state index contributed by atoms with van der Waals surface area (Å²) < 4.78 is 0. The maximum atomic E-state index is 11.6. The van der Waals surface area contributed by atoms with Crippen molar-refractivity contribution < 1.29 is 4.79 Å². The molecule has 0 aliphatic rings. The summed E-state index contributed by atoms with van der Waals surface area (Å²) in [6.45, 7) is 4.63. The molecule has 0 spiro atoms. The van der Waals surface area contributed by atoms with Crippen LogP contribution in [0.3, 0.4) is 0 Å². The van der Waals surface area contributed by atoms with Crippen molar-refractivity contribution in [3.63, 3.8) is 0 Å². The van der Waals surface area contributed by atoms with E-state index >= 15 is 0 Å². The smallest absolute Gasteiger partial charge is 0.321 e. The molecule has 2 N–H and O–H groups in total. The van der Waals surface area contributed by atoms with Crippen LogP contribution in [0.2, 0.25) is 5.02 Å². The molecule has 1 aromatic carbocycles. The highest BCUT2D eigenvalue weighted by Crippen LogP contribution is 2.25. The minimum absolute atomic E-state index is 0.205. The number of amides is 2. The van der Waals surface area contributed by atoms with Crippen molar-refractivity contribution >= 4 is 34.1 Å². The minimum atomic E-state index is -0.205. The Balaban J connectivity index is 2.01. The molecule has 21 heavy (non-hydrogen) atoms. The number of halogens is 1. The van der Waals surface area contributed by atoms with Gasteiger partial charge in [-0.25, -0.2) is 9.78 Å². The lowest BCUT2D eigenvalue weighted by atomic mass is 10.1. The first-order valence-electron chi connectivity index (χ1n) is 6.84. The molecule has 0 aliphatic heterocycles. The molecule has 0 aliphatic carbocycles. The molecular formula is C15H18ClN3OS. The van der Waals surface area contributed by atoms with Gasteiger partial charge in [0.1, 0.15) is 0 Å². The fraction of sp³-hybridized carbons (Fsp3) is 0.333. The van der Waals surface area contributed by atoms with Crippen LogP contribution in [-0.2, 0) is 6.42 Å². The van der Waals surface area contributed by atoms with Crippen LogP contribution < -0.4 is 10.6 Å². The molecule has 0 atom stereocenters. The second kappa shape index (κ2) is 7.43. The molecule has 2 rings (SSSR count). The Hall–Kier alpha value is -1.59. The van der Waals surface area contributed by atoms with Gasteiger partial charge in [-0.2, -0.15) is 0 Å². The van der Waals surface area contributed by atoms with E-state index in [4.69, 9.17) is 11.6 Å². The summed E-state index contributed by atoms with van der Waals surface area (Å²) in [5, 5.41) is 6.90. The Morgan fingerprint density at radius 2 is 2.05 bits per heavy atom. The molecule has 0 bridgehead atoms. The number of rotatable bonds is 5. The fourth-order valence-electron chi connectivity index (χ4n) is 1.81. The van der Waals surface area contributed by atoms with Gasteiger partial charge in [-0.1, -0.05) is 30.7 Å². The number of urea groups is 1. The van der Waals surface area contributed by atoms with Crippen LogP contribution >= 0.6 is 22.9 Å². The zero-order chi connectivity index (χ0) is 15.2. The van der Waals surface area contributed by atoms with Gasteiger partial charge in [0.2, 0.25) is 0 Å². The van der Waals surface area contributed by atoms with E-state index in [1.807, 2.05) is 38.1 Å².